The van der Waals surface area contributed by atoms with Crippen molar-refractivity contribution in [3.8, 4) is 0 Å². The van der Waals surface area contributed by atoms with E-state index in [9.17, 15) is 9.70 Å². The molecule has 0 saturated heterocycles. The molecule has 0 atom stereocenters. The highest BCUT2D eigenvalue weighted by molar-refractivity contribution is 14.1. The second-order valence-corrected chi connectivity index (χ2v) is 5.77. The molecular weight excluding hydrogens is 523 g/mol. The van der Waals surface area contributed by atoms with Crippen LogP contribution in [0.5, 0.6) is 0 Å². The lowest BCUT2D eigenvalue weighted by Gasteiger charge is -2.09. The molecule has 0 aliphatic heterocycles. The van der Waals surface area contributed by atoms with Crippen molar-refractivity contribution in [3.05, 3.63) is 26.7 Å². The Kier molecular flexibility index (Phi) is 4.68. The van der Waals surface area contributed by atoms with Crippen LogP contribution in [0, 0.1) is 22.5 Å². The zero-order valence-corrected chi connectivity index (χ0v) is 13.4. The molecule has 6 heteroatoms. The summed E-state index contributed by atoms with van der Waals surface area (Å²) in [6, 6.07) is 0. The Balaban J connectivity index is 3.73. The summed E-state index contributed by atoms with van der Waals surface area (Å²) in [6.07, 6.45) is 0.683. The highest BCUT2D eigenvalue weighted by Gasteiger charge is 2.17. The first-order chi connectivity index (χ1) is 6.54. The van der Waals surface area contributed by atoms with Crippen molar-refractivity contribution in [3.63, 3.8) is 0 Å². The molecule has 0 fully saturated rings. The Morgan fingerprint density at radius 1 is 1.14 bits per heavy atom. The third kappa shape index (κ3) is 2.10. The van der Waals surface area contributed by atoms with E-state index in [2.05, 4.69) is 50.4 Å². The van der Waals surface area contributed by atoms with Gasteiger partial charge < -0.3 is 0 Å². The summed E-state index contributed by atoms with van der Waals surface area (Å²) in [5.41, 5.74) is 1.64. The number of carbonyl (C=O) groups is 1. The Labute approximate surface area is 122 Å². The van der Waals surface area contributed by atoms with Gasteiger partial charge in [0.15, 0.2) is 6.29 Å². The highest BCUT2D eigenvalue weighted by Crippen LogP contribution is 2.35. The maximum absolute atomic E-state index is 10.8. The molecule has 1 aromatic rings. The SMILES string of the molecule is Cc1c(I)c(I)c(C=O)c(N=O)c1I. The molecule has 74 valence electrons. The summed E-state index contributed by atoms with van der Waals surface area (Å²) in [5.74, 6) is 0. The van der Waals surface area contributed by atoms with Gasteiger partial charge in [0.2, 0.25) is 0 Å². The number of nitroso groups, excluding NO2 is 1. The van der Waals surface area contributed by atoms with Gasteiger partial charge in [-0.3, -0.25) is 4.79 Å². The number of nitrogens with zero attached hydrogens (tertiary/aromatic N) is 1. The molecule has 1 aromatic carbocycles. The second kappa shape index (κ2) is 5.14. The molecule has 0 radical (unpaired) electrons. The van der Waals surface area contributed by atoms with Gasteiger partial charge in [0, 0.05) is 10.7 Å². The zero-order chi connectivity index (χ0) is 10.9. The van der Waals surface area contributed by atoms with E-state index in [1.54, 1.807) is 0 Å². The van der Waals surface area contributed by atoms with Gasteiger partial charge in [-0.05, 0) is 85.4 Å². The Morgan fingerprint density at radius 3 is 2.14 bits per heavy atom. The third-order valence-electron chi connectivity index (χ3n) is 1.76. The van der Waals surface area contributed by atoms with Crippen molar-refractivity contribution in [2.45, 2.75) is 6.92 Å². The first-order valence-corrected chi connectivity index (χ1v) is 6.73. The first kappa shape index (κ1) is 12.7. The molecule has 1 rings (SSSR count). The minimum Gasteiger partial charge on any atom is -0.298 e. The topological polar surface area (TPSA) is 46.5 Å². The van der Waals surface area contributed by atoms with Crippen LogP contribution in [0.15, 0.2) is 5.18 Å². The number of hydrogen-bond acceptors (Lipinski definition) is 3. The Morgan fingerprint density at radius 2 is 1.71 bits per heavy atom. The number of rotatable bonds is 2. The number of aldehydes is 1. The predicted octanol–water partition coefficient (Wildman–Crippen LogP) is 4.02. The van der Waals surface area contributed by atoms with Crippen LogP contribution in [0.1, 0.15) is 15.9 Å². The maximum Gasteiger partial charge on any atom is 0.153 e. The van der Waals surface area contributed by atoms with Gasteiger partial charge in [-0.15, -0.1) is 4.91 Å². The van der Waals surface area contributed by atoms with Crippen molar-refractivity contribution in [1.29, 1.82) is 0 Å². The minimum atomic E-state index is 0.253. The van der Waals surface area contributed by atoms with Crippen LogP contribution < -0.4 is 0 Å². The monoisotopic (exact) mass is 527 g/mol. The Bertz CT molecular complexity index is 379. The lowest BCUT2D eigenvalue weighted by atomic mass is 10.1. The van der Waals surface area contributed by atoms with Gasteiger partial charge in [0.1, 0.15) is 5.69 Å². The molecule has 0 unspecified atom stereocenters. The molecule has 0 saturated carbocycles. The second-order valence-electron chi connectivity index (χ2n) is 2.54. The van der Waals surface area contributed by atoms with Crippen molar-refractivity contribution < 1.29 is 4.79 Å². The van der Waals surface area contributed by atoms with Gasteiger partial charge >= 0.3 is 0 Å². The van der Waals surface area contributed by atoms with Gasteiger partial charge in [0.25, 0.3) is 0 Å². The van der Waals surface area contributed by atoms with E-state index in [0.717, 1.165) is 16.3 Å². The maximum atomic E-state index is 10.8. The lowest BCUT2D eigenvalue weighted by molar-refractivity contribution is 0.112. The number of halogens is 3. The standard InChI is InChI=1S/C8H4I3NO2/c1-3-5(9)7(11)4(2-13)8(12-14)6(3)10/h2H,1H3. The summed E-state index contributed by atoms with van der Waals surface area (Å²) < 4.78 is 2.55. The summed E-state index contributed by atoms with van der Waals surface area (Å²) in [4.78, 5) is 21.4. The summed E-state index contributed by atoms with van der Waals surface area (Å²) in [5, 5.41) is 2.91. The molecule has 14 heavy (non-hydrogen) atoms. The van der Waals surface area contributed by atoms with E-state index in [-0.39, 0.29) is 5.69 Å². The van der Waals surface area contributed by atoms with Crippen molar-refractivity contribution in [2.75, 3.05) is 0 Å². The van der Waals surface area contributed by atoms with E-state index >= 15 is 0 Å². The average Bonchev–Trinajstić information content (AvgIpc) is 2.20. The number of hydrogen-bond donors (Lipinski definition) is 0. The molecule has 0 aliphatic rings. The fourth-order valence-electron chi connectivity index (χ4n) is 0.976. The molecule has 0 heterocycles. The van der Waals surface area contributed by atoms with Crippen LogP contribution in [0.4, 0.5) is 5.69 Å². The fourth-order valence-corrected chi connectivity index (χ4v) is 3.50. The van der Waals surface area contributed by atoms with Gasteiger partial charge in [-0.2, -0.15) is 0 Å². The van der Waals surface area contributed by atoms with Crippen LogP contribution in [0.2, 0.25) is 0 Å². The van der Waals surface area contributed by atoms with E-state index in [1.165, 1.54) is 0 Å². The van der Waals surface area contributed by atoms with Gasteiger partial charge in [0.05, 0.1) is 5.56 Å². The number of carbonyl (C=O) groups excluding carboxylic acids is 1. The highest BCUT2D eigenvalue weighted by atomic mass is 127. The van der Waals surface area contributed by atoms with E-state index < -0.39 is 0 Å². The number of benzene rings is 1. The zero-order valence-electron chi connectivity index (χ0n) is 6.97. The molecule has 0 aromatic heterocycles. The smallest absolute Gasteiger partial charge is 0.153 e. The molecular formula is C8H4I3NO2. The molecule has 0 spiro atoms. The third-order valence-corrected chi connectivity index (χ3v) is 6.58. The van der Waals surface area contributed by atoms with Crippen LogP contribution >= 0.6 is 67.8 Å². The molecule has 0 aliphatic carbocycles. The van der Waals surface area contributed by atoms with E-state index in [0.29, 0.717) is 11.8 Å². The summed E-state index contributed by atoms with van der Waals surface area (Å²) in [6.45, 7) is 1.91. The van der Waals surface area contributed by atoms with Gasteiger partial charge in [-0.25, -0.2) is 0 Å². The molecule has 3 nitrogen and oxygen atoms in total. The minimum absolute atomic E-state index is 0.253. The summed E-state index contributed by atoms with van der Waals surface area (Å²) >= 11 is 6.25. The first-order valence-electron chi connectivity index (χ1n) is 3.50. The van der Waals surface area contributed by atoms with Crippen molar-refractivity contribution in [1.82, 2.24) is 0 Å². The molecule has 0 N–H and O–H groups in total. The van der Waals surface area contributed by atoms with Crippen LogP contribution in [-0.4, -0.2) is 6.29 Å². The van der Waals surface area contributed by atoms with E-state index in [4.69, 9.17) is 0 Å². The molecule has 0 bridgehead atoms. The predicted molar refractivity (Wildman–Crippen MR) is 80.2 cm³/mol. The average molecular weight is 527 g/mol. The van der Waals surface area contributed by atoms with Crippen molar-refractivity contribution >= 4 is 79.7 Å². The largest absolute Gasteiger partial charge is 0.298 e. The fraction of sp³-hybridized carbons (Fsp3) is 0.125. The Hall–Kier alpha value is 0.680. The van der Waals surface area contributed by atoms with Crippen LogP contribution in [0.3, 0.4) is 0 Å². The summed E-state index contributed by atoms with van der Waals surface area (Å²) in [7, 11) is 0. The van der Waals surface area contributed by atoms with Crippen LogP contribution in [-0.2, 0) is 0 Å². The van der Waals surface area contributed by atoms with Gasteiger partial charge in [-0.1, -0.05) is 0 Å². The van der Waals surface area contributed by atoms with Crippen LogP contribution in [0.25, 0.3) is 0 Å². The molecule has 0 amide bonds. The lowest BCUT2D eigenvalue weighted by Crippen LogP contribution is -1.98. The quantitative estimate of drug-likeness (QED) is 0.253. The normalized spacial score (nSPS) is 10.0. The van der Waals surface area contributed by atoms with Crippen molar-refractivity contribution in [2.24, 2.45) is 5.18 Å². The van der Waals surface area contributed by atoms with E-state index in [1.807, 2.05) is 29.5 Å².